The molecule has 114 valence electrons. The second kappa shape index (κ2) is 6.41. The molecular formula is C15H21N3O2S. The third kappa shape index (κ3) is 3.33. The Labute approximate surface area is 126 Å². The Bertz CT molecular complexity index is 707. The number of rotatable bonds is 6. The lowest BCUT2D eigenvalue weighted by molar-refractivity contribution is 0.546. The van der Waals surface area contributed by atoms with Crippen molar-refractivity contribution in [2.24, 2.45) is 0 Å². The molecule has 2 aromatic rings. The molecule has 0 aliphatic carbocycles. The van der Waals surface area contributed by atoms with Gasteiger partial charge in [0.2, 0.25) is 10.0 Å². The highest BCUT2D eigenvalue weighted by atomic mass is 32.2. The fourth-order valence-corrected chi connectivity index (χ4v) is 3.89. The van der Waals surface area contributed by atoms with Crippen LogP contribution in [-0.4, -0.2) is 18.0 Å². The first-order valence-electron chi connectivity index (χ1n) is 7.10. The summed E-state index contributed by atoms with van der Waals surface area (Å²) in [5.74, 6) is 0.718. The third-order valence-corrected chi connectivity index (χ3v) is 5.09. The molecule has 1 atom stereocenters. The highest BCUT2D eigenvalue weighted by molar-refractivity contribution is 7.89. The van der Waals surface area contributed by atoms with E-state index in [1.54, 1.807) is 25.3 Å². The molecule has 21 heavy (non-hydrogen) atoms. The Kier molecular flexibility index (Phi) is 4.80. The van der Waals surface area contributed by atoms with Crippen LogP contribution >= 0.6 is 0 Å². The molecule has 1 aromatic carbocycles. The molecule has 0 radical (unpaired) electrons. The summed E-state index contributed by atoms with van der Waals surface area (Å²) in [6.45, 7) is 6.51. The van der Waals surface area contributed by atoms with E-state index in [1.807, 2.05) is 36.7 Å². The topological polar surface area (TPSA) is 64.0 Å². The van der Waals surface area contributed by atoms with Crippen molar-refractivity contribution in [2.45, 2.75) is 44.7 Å². The van der Waals surface area contributed by atoms with Crippen molar-refractivity contribution in [1.82, 2.24) is 14.3 Å². The molecule has 1 N–H and O–H groups in total. The van der Waals surface area contributed by atoms with Crippen LogP contribution in [-0.2, 0) is 23.0 Å². The minimum atomic E-state index is -3.56. The Balaban J connectivity index is 2.29. The van der Waals surface area contributed by atoms with Crippen molar-refractivity contribution in [3.05, 3.63) is 48.0 Å². The van der Waals surface area contributed by atoms with E-state index in [2.05, 4.69) is 9.71 Å². The standard InChI is InChI=1S/C15H21N3O2S/c1-4-13-8-6-7-9-14(13)21(19,20)17-12(3)15-16-10-11-18(15)5-2/h6-12,17H,4-5H2,1-3H3. The summed E-state index contributed by atoms with van der Waals surface area (Å²) < 4.78 is 29.8. The molecule has 0 bridgehead atoms. The number of hydrogen-bond acceptors (Lipinski definition) is 3. The molecule has 0 aliphatic heterocycles. The van der Waals surface area contributed by atoms with Crippen molar-refractivity contribution in [1.29, 1.82) is 0 Å². The maximum Gasteiger partial charge on any atom is 0.241 e. The summed E-state index contributed by atoms with van der Waals surface area (Å²) in [5, 5.41) is 0. The van der Waals surface area contributed by atoms with Gasteiger partial charge in [0.1, 0.15) is 5.82 Å². The monoisotopic (exact) mass is 307 g/mol. The van der Waals surface area contributed by atoms with E-state index in [-0.39, 0.29) is 6.04 Å². The zero-order valence-electron chi connectivity index (χ0n) is 12.6. The largest absolute Gasteiger partial charge is 0.334 e. The lowest BCUT2D eigenvalue weighted by atomic mass is 10.2. The van der Waals surface area contributed by atoms with Gasteiger partial charge in [0.25, 0.3) is 0 Å². The van der Waals surface area contributed by atoms with Gasteiger partial charge in [-0.3, -0.25) is 0 Å². The molecule has 6 heteroatoms. The molecular weight excluding hydrogens is 286 g/mol. The van der Waals surface area contributed by atoms with E-state index in [0.29, 0.717) is 11.3 Å². The number of aromatic nitrogens is 2. The van der Waals surface area contributed by atoms with Crippen LogP contribution in [0.5, 0.6) is 0 Å². The van der Waals surface area contributed by atoms with E-state index in [1.165, 1.54) is 0 Å². The van der Waals surface area contributed by atoms with Crippen molar-refractivity contribution in [3.63, 3.8) is 0 Å². The number of nitrogens with one attached hydrogen (secondary N) is 1. The SMILES string of the molecule is CCc1ccccc1S(=O)(=O)NC(C)c1nccn1CC. The van der Waals surface area contributed by atoms with Crippen molar-refractivity contribution >= 4 is 10.0 Å². The first-order valence-corrected chi connectivity index (χ1v) is 8.59. The minimum absolute atomic E-state index is 0.342. The zero-order chi connectivity index (χ0) is 15.5. The van der Waals surface area contributed by atoms with Gasteiger partial charge in [-0.15, -0.1) is 0 Å². The average Bonchev–Trinajstić information content (AvgIpc) is 2.95. The highest BCUT2D eigenvalue weighted by Gasteiger charge is 2.22. The normalized spacial score (nSPS) is 13.3. The van der Waals surface area contributed by atoms with Crippen molar-refractivity contribution in [2.75, 3.05) is 0 Å². The van der Waals surface area contributed by atoms with E-state index in [0.717, 1.165) is 17.9 Å². The number of sulfonamides is 1. The van der Waals surface area contributed by atoms with Gasteiger partial charge >= 0.3 is 0 Å². The molecule has 1 heterocycles. The van der Waals surface area contributed by atoms with Gasteiger partial charge in [-0.1, -0.05) is 25.1 Å². The minimum Gasteiger partial charge on any atom is -0.334 e. The van der Waals surface area contributed by atoms with Crippen LogP contribution in [0.3, 0.4) is 0 Å². The van der Waals surface area contributed by atoms with E-state index in [9.17, 15) is 8.42 Å². The van der Waals surface area contributed by atoms with Crippen molar-refractivity contribution in [3.8, 4) is 0 Å². The van der Waals surface area contributed by atoms with E-state index >= 15 is 0 Å². The zero-order valence-corrected chi connectivity index (χ0v) is 13.4. The molecule has 1 unspecified atom stereocenters. The molecule has 0 spiro atoms. The summed E-state index contributed by atoms with van der Waals surface area (Å²) in [5.41, 5.74) is 0.816. The second-order valence-corrected chi connectivity index (χ2v) is 6.56. The molecule has 0 saturated heterocycles. The predicted molar refractivity (Wildman–Crippen MR) is 82.5 cm³/mol. The van der Waals surface area contributed by atoms with Crippen LogP contribution in [0.2, 0.25) is 0 Å². The van der Waals surface area contributed by atoms with Crippen LogP contribution in [0, 0.1) is 0 Å². The van der Waals surface area contributed by atoms with Crippen LogP contribution in [0.1, 0.15) is 38.2 Å². The quantitative estimate of drug-likeness (QED) is 0.892. The van der Waals surface area contributed by atoms with Crippen LogP contribution in [0.4, 0.5) is 0 Å². The first kappa shape index (κ1) is 15.7. The molecule has 0 fully saturated rings. The average molecular weight is 307 g/mol. The number of aryl methyl sites for hydroxylation is 2. The molecule has 0 saturated carbocycles. The number of imidazole rings is 1. The van der Waals surface area contributed by atoms with E-state index in [4.69, 9.17) is 0 Å². The van der Waals surface area contributed by atoms with Crippen LogP contribution in [0.15, 0.2) is 41.6 Å². The molecule has 0 amide bonds. The molecule has 0 aliphatic rings. The summed E-state index contributed by atoms with van der Waals surface area (Å²) in [6, 6.07) is 6.69. The van der Waals surface area contributed by atoms with Gasteiger partial charge in [-0.25, -0.2) is 18.1 Å². The van der Waals surface area contributed by atoms with Gasteiger partial charge < -0.3 is 4.57 Å². The lowest BCUT2D eigenvalue weighted by Crippen LogP contribution is -2.29. The maximum atomic E-state index is 12.6. The van der Waals surface area contributed by atoms with Crippen LogP contribution in [0.25, 0.3) is 0 Å². The van der Waals surface area contributed by atoms with Gasteiger partial charge in [0, 0.05) is 18.9 Å². The van der Waals surface area contributed by atoms with Gasteiger partial charge in [0.05, 0.1) is 10.9 Å². The van der Waals surface area contributed by atoms with Crippen molar-refractivity contribution < 1.29 is 8.42 Å². The fourth-order valence-electron chi connectivity index (χ4n) is 2.38. The Hall–Kier alpha value is -1.66. The Morgan fingerprint density at radius 1 is 1.29 bits per heavy atom. The lowest BCUT2D eigenvalue weighted by Gasteiger charge is -2.16. The number of benzene rings is 1. The first-order chi connectivity index (χ1) is 9.99. The van der Waals surface area contributed by atoms with Gasteiger partial charge in [-0.2, -0.15) is 0 Å². The fraction of sp³-hybridized carbons (Fsp3) is 0.400. The van der Waals surface area contributed by atoms with Gasteiger partial charge in [0.15, 0.2) is 0 Å². The maximum absolute atomic E-state index is 12.6. The molecule has 5 nitrogen and oxygen atoms in total. The summed E-state index contributed by atoms with van der Waals surface area (Å²) in [6.07, 6.45) is 4.21. The summed E-state index contributed by atoms with van der Waals surface area (Å²) >= 11 is 0. The predicted octanol–water partition coefficient (Wildman–Crippen LogP) is 2.50. The highest BCUT2D eigenvalue weighted by Crippen LogP contribution is 2.19. The number of hydrogen-bond donors (Lipinski definition) is 1. The Morgan fingerprint density at radius 2 is 2.00 bits per heavy atom. The Morgan fingerprint density at radius 3 is 2.67 bits per heavy atom. The molecule has 1 aromatic heterocycles. The van der Waals surface area contributed by atoms with E-state index < -0.39 is 10.0 Å². The summed E-state index contributed by atoms with van der Waals surface area (Å²) in [4.78, 5) is 4.59. The number of nitrogens with zero attached hydrogens (tertiary/aromatic N) is 2. The van der Waals surface area contributed by atoms with Crippen LogP contribution < -0.4 is 4.72 Å². The smallest absolute Gasteiger partial charge is 0.241 e. The summed E-state index contributed by atoms with van der Waals surface area (Å²) in [7, 11) is -3.56. The second-order valence-electron chi connectivity index (χ2n) is 4.88. The third-order valence-electron chi connectivity index (χ3n) is 3.45. The van der Waals surface area contributed by atoms with Gasteiger partial charge in [-0.05, 0) is 31.9 Å². The molecule has 2 rings (SSSR count).